The van der Waals surface area contributed by atoms with Crippen molar-refractivity contribution in [2.24, 2.45) is 11.8 Å². The molecule has 15 heavy (non-hydrogen) atoms. The molecule has 0 saturated heterocycles. The van der Waals surface area contributed by atoms with Crippen LogP contribution in [0.4, 0.5) is 0 Å². The molecule has 1 aliphatic heterocycles. The summed E-state index contributed by atoms with van der Waals surface area (Å²) in [5.41, 5.74) is 0. The average molecular weight is 212 g/mol. The Bertz CT molecular complexity index is 207. The Morgan fingerprint density at radius 2 is 1.93 bits per heavy atom. The number of allylic oxidation sites excluding steroid dienone is 1. The summed E-state index contributed by atoms with van der Waals surface area (Å²) in [5, 5.41) is 0. The van der Waals surface area contributed by atoms with Crippen molar-refractivity contribution in [3.8, 4) is 0 Å². The average Bonchev–Trinajstić information content (AvgIpc) is 2.28. The molecule has 0 bridgehead atoms. The molecule has 1 unspecified atom stereocenters. The summed E-state index contributed by atoms with van der Waals surface area (Å²) >= 11 is 0. The van der Waals surface area contributed by atoms with E-state index in [0.717, 1.165) is 25.2 Å². The minimum Gasteiger partial charge on any atom is -0.496 e. The van der Waals surface area contributed by atoms with E-state index in [9.17, 15) is 0 Å². The van der Waals surface area contributed by atoms with Crippen molar-refractivity contribution in [1.82, 2.24) is 0 Å². The van der Waals surface area contributed by atoms with E-state index in [1.165, 1.54) is 0 Å². The van der Waals surface area contributed by atoms with Gasteiger partial charge in [0, 0.05) is 6.42 Å². The van der Waals surface area contributed by atoms with Gasteiger partial charge >= 0.3 is 0 Å². The van der Waals surface area contributed by atoms with Crippen molar-refractivity contribution < 1.29 is 9.47 Å². The van der Waals surface area contributed by atoms with Crippen LogP contribution in [0.25, 0.3) is 0 Å². The van der Waals surface area contributed by atoms with Crippen LogP contribution in [0.15, 0.2) is 11.8 Å². The molecule has 0 N–H and O–H groups in total. The van der Waals surface area contributed by atoms with E-state index >= 15 is 0 Å². The third kappa shape index (κ3) is 5.22. The Labute approximate surface area is 93.7 Å². The normalized spacial score (nSPS) is 22.5. The van der Waals surface area contributed by atoms with Gasteiger partial charge in [-0.2, -0.15) is 0 Å². The Morgan fingerprint density at radius 1 is 1.20 bits per heavy atom. The molecule has 1 atom stereocenters. The molecule has 2 heteroatoms. The molecular weight excluding hydrogens is 188 g/mol. The summed E-state index contributed by atoms with van der Waals surface area (Å²) in [5.74, 6) is 2.44. The van der Waals surface area contributed by atoms with Gasteiger partial charge in [0.05, 0.1) is 18.5 Å². The minimum atomic E-state index is 0.251. The highest BCUT2D eigenvalue weighted by molar-refractivity contribution is 5.00. The lowest BCUT2D eigenvalue weighted by Gasteiger charge is -2.14. The summed E-state index contributed by atoms with van der Waals surface area (Å²) in [6, 6.07) is 0. The highest BCUT2D eigenvalue weighted by Crippen LogP contribution is 2.19. The maximum absolute atomic E-state index is 5.72. The van der Waals surface area contributed by atoms with Gasteiger partial charge in [0.25, 0.3) is 0 Å². The van der Waals surface area contributed by atoms with Crippen molar-refractivity contribution >= 4 is 0 Å². The highest BCUT2D eigenvalue weighted by Gasteiger charge is 2.15. The maximum Gasteiger partial charge on any atom is 0.111 e. The zero-order valence-corrected chi connectivity index (χ0v) is 10.5. The van der Waals surface area contributed by atoms with Crippen LogP contribution >= 0.6 is 0 Å². The van der Waals surface area contributed by atoms with Crippen molar-refractivity contribution in [2.75, 3.05) is 13.2 Å². The first-order chi connectivity index (χ1) is 7.08. The lowest BCUT2D eigenvalue weighted by atomic mass is 10.0. The fraction of sp³-hybridized carbons (Fsp3) is 0.846. The number of hydrogen-bond acceptors (Lipinski definition) is 2. The van der Waals surface area contributed by atoms with E-state index in [1.807, 2.05) is 0 Å². The van der Waals surface area contributed by atoms with Crippen LogP contribution in [0.1, 0.15) is 40.5 Å². The largest absolute Gasteiger partial charge is 0.496 e. The molecule has 1 rings (SSSR count). The number of hydrogen-bond donors (Lipinski definition) is 0. The first kappa shape index (κ1) is 12.6. The number of ether oxygens (including phenoxy) is 2. The Hall–Kier alpha value is -0.500. The second-order valence-electron chi connectivity index (χ2n) is 5.12. The molecule has 0 spiro atoms. The molecule has 0 aromatic heterocycles. The van der Waals surface area contributed by atoms with Gasteiger partial charge in [0.2, 0.25) is 0 Å². The molecule has 0 aromatic carbocycles. The molecule has 88 valence electrons. The predicted octanol–water partition coefficient (Wildman–Crippen LogP) is 3.38. The predicted molar refractivity (Wildman–Crippen MR) is 62.7 cm³/mol. The SMILES string of the molecule is CC(C)CC1=CC(CC(C)C)OCCO1. The van der Waals surface area contributed by atoms with Gasteiger partial charge in [0.1, 0.15) is 6.61 Å². The zero-order chi connectivity index (χ0) is 11.3. The summed E-state index contributed by atoms with van der Waals surface area (Å²) in [6.07, 6.45) is 4.54. The van der Waals surface area contributed by atoms with Crippen LogP contribution in [0.3, 0.4) is 0 Å². The molecular formula is C13H24O2. The van der Waals surface area contributed by atoms with Crippen LogP contribution in [-0.4, -0.2) is 19.3 Å². The van der Waals surface area contributed by atoms with E-state index in [2.05, 4.69) is 33.8 Å². The summed E-state index contributed by atoms with van der Waals surface area (Å²) in [7, 11) is 0. The standard InChI is InChI=1S/C13H24O2/c1-10(2)7-12-9-13(8-11(3)4)15-6-5-14-12/h9-12H,5-8H2,1-4H3. The van der Waals surface area contributed by atoms with E-state index in [4.69, 9.17) is 9.47 Å². The van der Waals surface area contributed by atoms with Gasteiger partial charge in [0.15, 0.2) is 0 Å². The Balaban J connectivity index is 2.54. The summed E-state index contributed by atoms with van der Waals surface area (Å²) in [4.78, 5) is 0. The van der Waals surface area contributed by atoms with Crippen molar-refractivity contribution in [2.45, 2.75) is 46.6 Å². The topological polar surface area (TPSA) is 18.5 Å². The molecule has 0 radical (unpaired) electrons. The third-order valence-electron chi connectivity index (χ3n) is 2.39. The number of rotatable bonds is 4. The van der Waals surface area contributed by atoms with Crippen molar-refractivity contribution in [3.05, 3.63) is 11.8 Å². The van der Waals surface area contributed by atoms with Crippen LogP contribution in [0, 0.1) is 11.8 Å². The van der Waals surface area contributed by atoms with Gasteiger partial charge in [-0.25, -0.2) is 0 Å². The molecule has 1 heterocycles. The van der Waals surface area contributed by atoms with E-state index in [0.29, 0.717) is 18.4 Å². The van der Waals surface area contributed by atoms with Crippen LogP contribution in [0.5, 0.6) is 0 Å². The smallest absolute Gasteiger partial charge is 0.111 e. The molecule has 1 aliphatic rings. The summed E-state index contributed by atoms with van der Waals surface area (Å²) in [6.45, 7) is 10.3. The lowest BCUT2D eigenvalue weighted by Crippen LogP contribution is -2.13. The van der Waals surface area contributed by atoms with E-state index in [1.54, 1.807) is 0 Å². The monoisotopic (exact) mass is 212 g/mol. The fourth-order valence-electron chi connectivity index (χ4n) is 1.81. The molecule has 0 saturated carbocycles. The quantitative estimate of drug-likeness (QED) is 0.711. The van der Waals surface area contributed by atoms with Gasteiger partial charge < -0.3 is 9.47 Å². The van der Waals surface area contributed by atoms with E-state index < -0.39 is 0 Å². The molecule has 0 aliphatic carbocycles. The van der Waals surface area contributed by atoms with Crippen LogP contribution < -0.4 is 0 Å². The zero-order valence-electron chi connectivity index (χ0n) is 10.5. The molecule has 2 nitrogen and oxygen atoms in total. The van der Waals surface area contributed by atoms with Gasteiger partial charge in [-0.15, -0.1) is 0 Å². The fourth-order valence-corrected chi connectivity index (χ4v) is 1.81. The first-order valence-electron chi connectivity index (χ1n) is 6.03. The molecule has 0 aromatic rings. The first-order valence-corrected chi connectivity index (χ1v) is 6.03. The maximum atomic E-state index is 5.72. The third-order valence-corrected chi connectivity index (χ3v) is 2.39. The second-order valence-corrected chi connectivity index (χ2v) is 5.12. The second kappa shape index (κ2) is 6.16. The Morgan fingerprint density at radius 3 is 2.53 bits per heavy atom. The Kier molecular flexibility index (Phi) is 5.16. The molecule has 0 amide bonds. The molecule has 0 fully saturated rings. The van der Waals surface area contributed by atoms with Gasteiger partial charge in [-0.05, 0) is 24.3 Å². The van der Waals surface area contributed by atoms with Gasteiger partial charge in [-0.3, -0.25) is 0 Å². The lowest BCUT2D eigenvalue weighted by molar-refractivity contribution is 0.0513. The van der Waals surface area contributed by atoms with Gasteiger partial charge in [-0.1, -0.05) is 27.7 Å². The highest BCUT2D eigenvalue weighted by atomic mass is 16.5. The van der Waals surface area contributed by atoms with Crippen molar-refractivity contribution in [3.63, 3.8) is 0 Å². The van der Waals surface area contributed by atoms with E-state index in [-0.39, 0.29) is 6.10 Å². The van der Waals surface area contributed by atoms with Crippen LogP contribution in [-0.2, 0) is 9.47 Å². The van der Waals surface area contributed by atoms with Crippen LogP contribution in [0.2, 0.25) is 0 Å². The van der Waals surface area contributed by atoms with Crippen molar-refractivity contribution in [1.29, 1.82) is 0 Å². The summed E-state index contributed by atoms with van der Waals surface area (Å²) < 4.78 is 11.4. The minimum absolute atomic E-state index is 0.251.